The summed E-state index contributed by atoms with van der Waals surface area (Å²) < 4.78 is 4.44. The second-order valence-electron chi connectivity index (χ2n) is 7.60. The van der Waals surface area contributed by atoms with Crippen molar-refractivity contribution >= 4 is 28.3 Å². The van der Waals surface area contributed by atoms with E-state index >= 15 is 0 Å². The average Bonchev–Trinajstić information content (AvgIpc) is 3.08. The molecule has 0 atom stereocenters. The Bertz CT molecular complexity index is 1540. The minimum Gasteiger partial charge on any atom is -0.272 e. The van der Waals surface area contributed by atoms with E-state index in [-0.39, 0.29) is 17.8 Å². The van der Waals surface area contributed by atoms with Crippen LogP contribution in [-0.2, 0) is 13.1 Å². The van der Waals surface area contributed by atoms with E-state index in [1.807, 2.05) is 49.4 Å². The zero-order valence-corrected chi connectivity index (χ0v) is 17.6. The van der Waals surface area contributed by atoms with Gasteiger partial charge in [0.2, 0.25) is 5.78 Å². The van der Waals surface area contributed by atoms with Gasteiger partial charge in [0.05, 0.1) is 24.0 Å². The van der Waals surface area contributed by atoms with Crippen molar-refractivity contribution in [2.45, 2.75) is 20.0 Å². The van der Waals surface area contributed by atoms with Crippen LogP contribution in [-0.4, -0.2) is 18.7 Å². The zero-order chi connectivity index (χ0) is 21.5. The van der Waals surface area contributed by atoms with E-state index in [0.29, 0.717) is 28.2 Å². The van der Waals surface area contributed by atoms with Gasteiger partial charge in [-0.05, 0) is 42.3 Å². The molecule has 3 aromatic carbocycles. The number of hydrogen-bond acceptors (Lipinski definition) is 3. The number of fused-ring (bicyclic) bond motifs is 3. The third-order valence-corrected chi connectivity index (χ3v) is 5.60. The van der Waals surface area contributed by atoms with Gasteiger partial charge in [-0.3, -0.25) is 9.36 Å². The molecular formula is C24H19ClN4O2. The number of aryl methyl sites for hydroxylation is 1. The first-order valence-corrected chi connectivity index (χ1v) is 10.3. The molecule has 0 amide bonds. The fourth-order valence-corrected chi connectivity index (χ4v) is 4.01. The largest absolute Gasteiger partial charge is 0.352 e. The summed E-state index contributed by atoms with van der Waals surface area (Å²) in [5.41, 5.74) is 3.02. The third-order valence-electron chi connectivity index (χ3n) is 5.37. The Hall–Kier alpha value is -3.64. The fraction of sp³-hybridized carbons (Fsp3) is 0.125. The molecule has 2 aromatic heterocycles. The molecule has 0 saturated heterocycles. The van der Waals surface area contributed by atoms with Crippen LogP contribution in [0, 0.1) is 6.92 Å². The molecule has 0 aliphatic carbocycles. The molecule has 0 saturated carbocycles. The van der Waals surface area contributed by atoms with Crippen LogP contribution in [0.1, 0.15) is 16.7 Å². The average molecular weight is 431 g/mol. The Morgan fingerprint density at radius 2 is 1.65 bits per heavy atom. The second kappa shape index (κ2) is 7.56. The molecule has 0 radical (unpaired) electrons. The van der Waals surface area contributed by atoms with Gasteiger partial charge in [-0.25, -0.2) is 13.9 Å². The van der Waals surface area contributed by atoms with Crippen molar-refractivity contribution in [2.75, 3.05) is 0 Å². The summed E-state index contributed by atoms with van der Waals surface area (Å²) in [4.78, 5) is 26.6. The van der Waals surface area contributed by atoms with Crippen molar-refractivity contribution in [2.24, 2.45) is 0 Å². The molecule has 0 spiro atoms. The summed E-state index contributed by atoms with van der Waals surface area (Å²) in [6, 6.07) is 22.4. The van der Waals surface area contributed by atoms with Gasteiger partial charge in [-0.1, -0.05) is 65.7 Å². The van der Waals surface area contributed by atoms with Gasteiger partial charge < -0.3 is 0 Å². The predicted molar refractivity (Wildman–Crippen MR) is 122 cm³/mol. The Balaban J connectivity index is 1.75. The van der Waals surface area contributed by atoms with Gasteiger partial charge >= 0.3 is 5.69 Å². The first-order chi connectivity index (χ1) is 15.0. The Labute approximate surface area is 182 Å². The lowest BCUT2D eigenvalue weighted by atomic mass is 10.1. The molecule has 6 nitrogen and oxygen atoms in total. The van der Waals surface area contributed by atoms with E-state index in [2.05, 4.69) is 5.10 Å². The van der Waals surface area contributed by atoms with Crippen molar-refractivity contribution in [3.05, 3.63) is 115 Å². The number of benzene rings is 3. The van der Waals surface area contributed by atoms with Gasteiger partial charge in [0.1, 0.15) is 0 Å². The molecule has 0 aliphatic heterocycles. The highest BCUT2D eigenvalue weighted by Crippen LogP contribution is 2.14. The van der Waals surface area contributed by atoms with Crippen molar-refractivity contribution in [3.63, 3.8) is 0 Å². The standard InChI is InChI=1S/C24H19ClN4O2/c1-16-9-11-17(12-10-16)14-27-22(30)20-7-2-3-8-21(20)29-23(27)26-28(24(29)31)15-18-5-4-6-19(25)13-18/h2-13H,14-15H2,1H3. The van der Waals surface area contributed by atoms with Crippen LogP contribution in [0.25, 0.3) is 16.7 Å². The van der Waals surface area contributed by atoms with Crippen LogP contribution in [0.5, 0.6) is 0 Å². The lowest BCUT2D eigenvalue weighted by Crippen LogP contribution is -2.27. The first kappa shape index (κ1) is 19.3. The van der Waals surface area contributed by atoms with Crippen molar-refractivity contribution < 1.29 is 0 Å². The second-order valence-corrected chi connectivity index (χ2v) is 8.04. The zero-order valence-electron chi connectivity index (χ0n) is 16.8. The number of rotatable bonds is 4. The summed E-state index contributed by atoms with van der Waals surface area (Å²) >= 11 is 6.10. The summed E-state index contributed by atoms with van der Waals surface area (Å²) in [6.07, 6.45) is 0. The molecule has 7 heteroatoms. The summed E-state index contributed by atoms with van der Waals surface area (Å²) in [5.74, 6) is 0.316. The summed E-state index contributed by atoms with van der Waals surface area (Å²) in [5, 5.41) is 5.62. The molecule has 5 aromatic rings. The van der Waals surface area contributed by atoms with Crippen molar-refractivity contribution in [3.8, 4) is 0 Å². The molecule has 5 rings (SSSR count). The monoisotopic (exact) mass is 430 g/mol. The smallest absolute Gasteiger partial charge is 0.272 e. The minimum atomic E-state index is -0.302. The molecule has 0 aliphatic rings. The van der Waals surface area contributed by atoms with Gasteiger partial charge in [-0.2, -0.15) is 0 Å². The Morgan fingerprint density at radius 1 is 0.871 bits per heavy atom. The first-order valence-electron chi connectivity index (χ1n) is 9.92. The topological polar surface area (TPSA) is 61.3 Å². The van der Waals surface area contributed by atoms with Gasteiger partial charge in [0.15, 0.2) is 0 Å². The quantitative estimate of drug-likeness (QED) is 0.435. The highest BCUT2D eigenvalue weighted by molar-refractivity contribution is 6.30. The lowest BCUT2D eigenvalue weighted by Gasteiger charge is -2.10. The number of nitrogens with zero attached hydrogens (tertiary/aromatic N) is 4. The van der Waals surface area contributed by atoms with E-state index in [4.69, 9.17) is 11.6 Å². The number of para-hydroxylation sites is 1. The highest BCUT2D eigenvalue weighted by Gasteiger charge is 2.17. The minimum absolute atomic E-state index is 0.177. The number of aromatic nitrogens is 4. The van der Waals surface area contributed by atoms with Gasteiger partial charge in [0, 0.05) is 5.02 Å². The molecule has 0 N–H and O–H groups in total. The molecule has 0 fully saturated rings. The van der Waals surface area contributed by atoms with E-state index in [1.165, 1.54) is 9.08 Å². The molecule has 154 valence electrons. The maximum atomic E-state index is 13.3. The number of hydrogen-bond donors (Lipinski definition) is 0. The fourth-order valence-electron chi connectivity index (χ4n) is 3.80. The molecule has 0 bridgehead atoms. The molecule has 2 heterocycles. The van der Waals surface area contributed by atoms with Crippen LogP contribution in [0.3, 0.4) is 0 Å². The van der Waals surface area contributed by atoms with Crippen LogP contribution in [0.15, 0.2) is 82.4 Å². The van der Waals surface area contributed by atoms with E-state index < -0.39 is 0 Å². The molecule has 0 unspecified atom stereocenters. The van der Waals surface area contributed by atoms with Crippen LogP contribution < -0.4 is 11.2 Å². The van der Waals surface area contributed by atoms with Gasteiger partial charge in [0.25, 0.3) is 5.56 Å². The Morgan fingerprint density at radius 3 is 2.42 bits per heavy atom. The number of halogens is 1. The third kappa shape index (κ3) is 3.45. The summed E-state index contributed by atoms with van der Waals surface area (Å²) in [6.45, 7) is 2.59. The van der Waals surface area contributed by atoms with E-state index in [9.17, 15) is 9.59 Å². The molecular weight excluding hydrogens is 412 g/mol. The van der Waals surface area contributed by atoms with Crippen LogP contribution in [0.4, 0.5) is 0 Å². The predicted octanol–water partition coefficient (Wildman–Crippen LogP) is 3.87. The van der Waals surface area contributed by atoms with Gasteiger partial charge in [-0.15, -0.1) is 5.10 Å². The van der Waals surface area contributed by atoms with Crippen LogP contribution in [0.2, 0.25) is 5.02 Å². The SMILES string of the molecule is Cc1ccc(Cn2c(=O)c3ccccc3n3c(=O)n(Cc4cccc(Cl)c4)nc23)cc1. The van der Waals surface area contributed by atoms with Crippen molar-refractivity contribution in [1.29, 1.82) is 0 Å². The maximum absolute atomic E-state index is 13.3. The van der Waals surface area contributed by atoms with Crippen molar-refractivity contribution in [1.82, 2.24) is 18.7 Å². The van der Waals surface area contributed by atoms with Crippen LogP contribution >= 0.6 is 11.6 Å². The summed E-state index contributed by atoms with van der Waals surface area (Å²) in [7, 11) is 0. The van der Waals surface area contributed by atoms with E-state index in [1.54, 1.807) is 34.9 Å². The van der Waals surface area contributed by atoms with E-state index in [0.717, 1.165) is 16.7 Å². The Kier molecular flexibility index (Phi) is 4.71. The molecule has 31 heavy (non-hydrogen) atoms. The normalized spacial score (nSPS) is 11.4. The highest BCUT2D eigenvalue weighted by atomic mass is 35.5. The lowest BCUT2D eigenvalue weighted by molar-refractivity contribution is 0.654. The maximum Gasteiger partial charge on any atom is 0.352 e.